The van der Waals surface area contributed by atoms with E-state index in [0.29, 0.717) is 16.8 Å². The smallest absolute Gasteiger partial charge is 0.260 e. The first-order valence-corrected chi connectivity index (χ1v) is 8.48. The Bertz CT molecular complexity index is 511. The van der Waals surface area contributed by atoms with Crippen molar-refractivity contribution in [1.82, 2.24) is 10.2 Å². The van der Waals surface area contributed by atoms with Crippen molar-refractivity contribution in [3.05, 3.63) is 29.3 Å². The van der Waals surface area contributed by atoms with Crippen molar-refractivity contribution in [3.63, 3.8) is 0 Å². The summed E-state index contributed by atoms with van der Waals surface area (Å²) in [5.41, 5.74) is 0. The number of carbonyl (C=O) groups is 1. The normalized spacial score (nSPS) is 19.2. The summed E-state index contributed by atoms with van der Waals surface area (Å²) in [5, 5.41) is 4.16. The Hall–Kier alpha value is -1.26. The van der Waals surface area contributed by atoms with Crippen molar-refractivity contribution in [2.24, 2.45) is 5.92 Å². The van der Waals surface area contributed by atoms with Crippen molar-refractivity contribution < 1.29 is 9.53 Å². The average molecular weight is 323 g/mol. The third-order valence-corrected chi connectivity index (χ3v) is 4.74. The molecule has 1 N–H and O–H groups in total. The molecular formula is C17H23ClN2O2. The number of carbonyl (C=O) groups excluding carboxylic acids is 1. The maximum atomic E-state index is 12.2. The molecule has 1 aliphatic carbocycles. The zero-order valence-electron chi connectivity index (χ0n) is 12.8. The van der Waals surface area contributed by atoms with Gasteiger partial charge in [-0.05, 0) is 50.3 Å². The number of ether oxygens (including phenoxy) is 1. The number of amides is 1. The number of benzene rings is 1. The van der Waals surface area contributed by atoms with Gasteiger partial charge in [0.15, 0.2) is 6.61 Å². The van der Waals surface area contributed by atoms with E-state index in [0.717, 1.165) is 38.4 Å². The molecule has 1 amide bonds. The summed E-state index contributed by atoms with van der Waals surface area (Å²) >= 11 is 6.02. The van der Waals surface area contributed by atoms with E-state index in [-0.39, 0.29) is 12.5 Å². The summed E-state index contributed by atoms with van der Waals surface area (Å²) in [6.45, 7) is 2.83. The second-order valence-electron chi connectivity index (χ2n) is 6.23. The van der Waals surface area contributed by atoms with E-state index in [9.17, 15) is 4.79 Å². The van der Waals surface area contributed by atoms with Crippen LogP contribution in [-0.4, -0.2) is 43.1 Å². The highest BCUT2D eigenvalue weighted by Gasteiger charge is 2.26. The Balaban J connectivity index is 1.39. The first-order chi connectivity index (χ1) is 10.7. The lowest BCUT2D eigenvalue weighted by molar-refractivity contribution is -0.134. The number of piperidine rings is 1. The van der Waals surface area contributed by atoms with Crippen LogP contribution in [0, 0.1) is 5.92 Å². The lowest BCUT2D eigenvalue weighted by Crippen LogP contribution is -2.46. The molecule has 1 aliphatic heterocycles. The number of hydrogen-bond acceptors (Lipinski definition) is 3. The zero-order chi connectivity index (χ0) is 15.4. The van der Waals surface area contributed by atoms with Gasteiger partial charge in [-0.25, -0.2) is 0 Å². The highest BCUT2D eigenvalue weighted by molar-refractivity contribution is 6.32. The standard InChI is InChI=1S/C17H23ClN2O2/c18-15-3-1-2-4-16(15)22-12-17(21)20-9-7-14(8-10-20)19-11-13-5-6-13/h1-4,13-14,19H,5-12H2. The molecule has 1 aromatic rings. The molecule has 120 valence electrons. The number of halogens is 1. The maximum Gasteiger partial charge on any atom is 0.260 e. The van der Waals surface area contributed by atoms with Gasteiger partial charge < -0.3 is 15.0 Å². The minimum atomic E-state index is 0.0422. The second kappa shape index (κ2) is 7.34. The minimum absolute atomic E-state index is 0.0422. The Morgan fingerprint density at radius 1 is 1.23 bits per heavy atom. The molecule has 0 spiro atoms. The van der Waals surface area contributed by atoms with Crippen LogP contribution in [-0.2, 0) is 4.79 Å². The van der Waals surface area contributed by atoms with E-state index in [2.05, 4.69) is 5.32 Å². The molecule has 0 radical (unpaired) electrons. The first-order valence-electron chi connectivity index (χ1n) is 8.11. The lowest BCUT2D eigenvalue weighted by atomic mass is 10.0. The van der Waals surface area contributed by atoms with Gasteiger partial charge in [0.1, 0.15) is 5.75 Å². The fraction of sp³-hybridized carbons (Fsp3) is 0.588. The van der Waals surface area contributed by atoms with Gasteiger partial charge in [-0.3, -0.25) is 4.79 Å². The maximum absolute atomic E-state index is 12.2. The summed E-state index contributed by atoms with van der Waals surface area (Å²) in [4.78, 5) is 14.1. The number of nitrogens with one attached hydrogen (secondary N) is 1. The Morgan fingerprint density at radius 2 is 1.95 bits per heavy atom. The van der Waals surface area contributed by atoms with E-state index in [1.807, 2.05) is 17.0 Å². The Morgan fingerprint density at radius 3 is 2.64 bits per heavy atom. The molecule has 1 aromatic carbocycles. The summed E-state index contributed by atoms with van der Waals surface area (Å²) in [5.74, 6) is 1.52. The molecule has 22 heavy (non-hydrogen) atoms. The van der Waals surface area contributed by atoms with Crippen LogP contribution in [0.15, 0.2) is 24.3 Å². The van der Waals surface area contributed by atoms with Gasteiger partial charge in [-0.1, -0.05) is 23.7 Å². The largest absolute Gasteiger partial charge is 0.482 e. The molecular weight excluding hydrogens is 300 g/mol. The van der Waals surface area contributed by atoms with Crippen molar-refractivity contribution in [3.8, 4) is 5.75 Å². The first kappa shape index (κ1) is 15.6. The quantitative estimate of drug-likeness (QED) is 0.875. The predicted octanol–water partition coefficient (Wildman–Crippen LogP) is 2.71. The van der Waals surface area contributed by atoms with Crippen LogP contribution in [0.1, 0.15) is 25.7 Å². The van der Waals surface area contributed by atoms with Crippen LogP contribution in [0.25, 0.3) is 0 Å². The SMILES string of the molecule is O=C(COc1ccccc1Cl)N1CCC(NCC2CC2)CC1. The molecule has 5 heteroatoms. The van der Waals surface area contributed by atoms with E-state index >= 15 is 0 Å². The summed E-state index contributed by atoms with van der Waals surface area (Å²) in [6, 6.07) is 7.80. The van der Waals surface area contributed by atoms with Gasteiger partial charge in [-0.2, -0.15) is 0 Å². The van der Waals surface area contributed by atoms with Crippen LogP contribution < -0.4 is 10.1 Å². The van der Waals surface area contributed by atoms with Gasteiger partial charge in [0.25, 0.3) is 5.91 Å². The molecule has 0 atom stereocenters. The molecule has 2 aliphatic rings. The Labute approximate surface area is 136 Å². The number of likely N-dealkylation sites (tertiary alicyclic amines) is 1. The van der Waals surface area contributed by atoms with Crippen LogP contribution in [0.4, 0.5) is 0 Å². The monoisotopic (exact) mass is 322 g/mol. The molecule has 1 saturated carbocycles. The molecule has 0 unspecified atom stereocenters. The number of hydrogen-bond donors (Lipinski definition) is 1. The summed E-state index contributed by atoms with van der Waals surface area (Å²) in [7, 11) is 0. The molecule has 0 bridgehead atoms. The fourth-order valence-corrected chi connectivity index (χ4v) is 2.97. The fourth-order valence-electron chi connectivity index (χ4n) is 2.78. The number of para-hydroxylation sites is 1. The molecule has 0 aromatic heterocycles. The second-order valence-corrected chi connectivity index (χ2v) is 6.63. The predicted molar refractivity (Wildman–Crippen MR) is 87.3 cm³/mol. The summed E-state index contributed by atoms with van der Waals surface area (Å²) < 4.78 is 5.53. The van der Waals surface area contributed by atoms with Crippen LogP contribution in [0.2, 0.25) is 5.02 Å². The van der Waals surface area contributed by atoms with Gasteiger partial charge in [0, 0.05) is 19.1 Å². The van der Waals surface area contributed by atoms with E-state index in [4.69, 9.17) is 16.3 Å². The highest BCUT2D eigenvalue weighted by Crippen LogP contribution is 2.28. The van der Waals surface area contributed by atoms with Crippen LogP contribution in [0.5, 0.6) is 5.75 Å². The van der Waals surface area contributed by atoms with Gasteiger partial charge in [-0.15, -0.1) is 0 Å². The average Bonchev–Trinajstić information content (AvgIpc) is 3.37. The zero-order valence-corrected chi connectivity index (χ0v) is 13.5. The van der Waals surface area contributed by atoms with Gasteiger partial charge in [0.2, 0.25) is 0 Å². The Kier molecular flexibility index (Phi) is 5.21. The number of nitrogens with zero attached hydrogens (tertiary/aromatic N) is 1. The van der Waals surface area contributed by atoms with Crippen molar-refractivity contribution >= 4 is 17.5 Å². The van der Waals surface area contributed by atoms with Crippen molar-refractivity contribution in [2.75, 3.05) is 26.2 Å². The van der Waals surface area contributed by atoms with E-state index in [1.54, 1.807) is 12.1 Å². The van der Waals surface area contributed by atoms with E-state index < -0.39 is 0 Å². The number of rotatable bonds is 6. The molecule has 2 fully saturated rings. The summed E-state index contributed by atoms with van der Waals surface area (Å²) in [6.07, 6.45) is 4.82. The van der Waals surface area contributed by atoms with Crippen molar-refractivity contribution in [2.45, 2.75) is 31.7 Å². The van der Waals surface area contributed by atoms with Crippen LogP contribution >= 0.6 is 11.6 Å². The third kappa shape index (κ3) is 4.37. The molecule has 1 saturated heterocycles. The third-order valence-electron chi connectivity index (χ3n) is 4.43. The van der Waals surface area contributed by atoms with E-state index in [1.165, 1.54) is 12.8 Å². The molecule has 3 rings (SSSR count). The van der Waals surface area contributed by atoms with Gasteiger partial charge >= 0.3 is 0 Å². The minimum Gasteiger partial charge on any atom is -0.482 e. The van der Waals surface area contributed by atoms with Crippen LogP contribution in [0.3, 0.4) is 0 Å². The molecule has 4 nitrogen and oxygen atoms in total. The van der Waals surface area contributed by atoms with Crippen molar-refractivity contribution in [1.29, 1.82) is 0 Å². The lowest BCUT2D eigenvalue weighted by Gasteiger charge is -2.32. The van der Waals surface area contributed by atoms with Gasteiger partial charge in [0.05, 0.1) is 5.02 Å². The molecule has 1 heterocycles. The topological polar surface area (TPSA) is 41.6 Å². The highest BCUT2D eigenvalue weighted by atomic mass is 35.5.